The average Bonchev–Trinajstić information content (AvgIpc) is 3.21. The van der Waals surface area contributed by atoms with E-state index in [1.807, 2.05) is 13.0 Å². The molecule has 6 nitrogen and oxygen atoms in total. The van der Waals surface area contributed by atoms with E-state index in [0.29, 0.717) is 32.6 Å². The molecule has 0 saturated carbocycles. The molecule has 0 bridgehead atoms. The van der Waals surface area contributed by atoms with Crippen LogP contribution in [0.15, 0.2) is 24.3 Å². The zero-order valence-electron chi connectivity index (χ0n) is 15.7. The maximum atomic E-state index is 13.8. The highest BCUT2D eigenvalue weighted by Crippen LogP contribution is 2.38. The smallest absolute Gasteiger partial charge is 0.325 e. The lowest BCUT2D eigenvalue weighted by Crippen LogP contribution is -2.57. The molecule has 3 heterocycles. The molecule has 3 aliphatic heterocycles. The Balaban J connectivity index is 1.50. The molecule has 3 saturated heterocycles. The molecule has 3 fully saturated rings. The predicted octanol–water partition coefficient (Wildman–Crippen LogP) is 1.89. The van der Waals surface area contributed by atoms with Gasteiger partial charge in [0, 0.05) is 38.2 Å². The van der Waals surface area contributed by atoms with E-state index in [2.05, 4.69) is 10.2 Å². The van der Waals surface area contributed by atoms with Crippen molar-refractivity contribution >= 4 is 11.9 Å². The van der Waals surface area contributed by atoms with Gasteiger partial charge in [-0.05, 0) is 43.9 Å². The zero-order valence-corrected chi connectivity index (χ0v) is 15.7. The van der Waals surface area contributed by atoms with Gasteiger partial charge in [-0.3, -0.25) is 10.1 Å². The van der Waals surface area contributed by atoms with Gasteiger partial charge in [0.1, 0.15) is 11.4 Å². The Morgan fingerprint density at radius 2 is 2.00 bits per heavy atom. The van der Waals surface area contributed by atoms with Gasteiger partial charge in [0.15, 0.2) is 0 Å². The van der Waals surface area contributed by atoms with Crippen LogP contribution in [0.4, 0.5) is 9.18 Å². The molecule has 1 N–H and O–H groups in total. The van der Waals surface area contributed by atoms with Crippen molar-refractivity contribution in [3.05, 3.63) is 35.6 Å². The summed E-state index contributed by atoms with van der Waals surface area (Å²) in [5.74, 6) is -0.394. The number of urea groups is 1. The molecule has 1 unspecified atom stereocenters. The Morgan fingerprint density at radius 1 is 1.22 bits per heavy atom. The maximum Gasteiger partial charge on any atom is 0.325 e. The number of nitrogens with zero attached hydrogens (tertiary/aromatic N) is 2. The first-order chi connectivity index (χ1) is 13.0. The van der Waals surface area contributed by atoms with E-state index in [1.165, 1.54) is 6.07 Å². The molecule has 7 heteroatoms. The molecular formula is C20H26FN3O3. The van der Waals surface area contributed by atoms with Crippen molar-refractivity contribution in [3.63, 3.8) is 0 Å². The van der Waals surface area contributed by atoms with Crippen molar-refractivity contribution < 1.29 is 18.7 Å². The number of hydrogen-bond donors (Lipinski definition) is 1. The van der Waals surface area contributed by atoms with Gasteiger partial charge in [-0.25, -0.2) is 9.18 Å². The third-order valence-electron chi connectivity index (χ3n) is 6.47. The standard InChI is InChI=1S/C20H26FN3O3/c1-2-24-18(26)22-17(25)20(24)6-9-23(10-7-20)13-19(8-11-27-14-19)15-4-3-5-16(21)12-15/h3-5,12H,2,6-11,13-14H2,1H3,(H,22,25,26). The molecule has 3 amide bonds. The van der Waals surface area contributed by atoms with Gasteiger partial charge in [-0.2, -0.15) is 0 Å². The van der Waals surface area contributed by atoms with E-state index in [-0.39, 0.29) is 23.2 Å². The minimum Gasteiger partial charge on any atom is -0.380 e. The van der Waals surface area contributed by atoms with Crippen LogP contribution in [0.1, 0.15) is 31.7 Å². The Bertz CT molecular complexity index is 740. The fraction of sp³-hybridized carbons (Fsp3) is 0.600. The number of nitrogens with one attached hydrogen (secondary N) is 1. The molecule has 4 rings (SSSR count). The summed E-state index contributed by atoms with van der Waals surface area (Å²) in [6, 6.07) is 6.53. The minimum absolute atomic E-state index is 0.168. The number of ether oxygens (including phenoxy) is 1. The first-order valence-corrected chi connectivity index (χ1v) is 9.68. The predicted molar refractivity (Wildman–Crippen MR) is 97.8 cm³/mol. The van der Waals surface area contributed by atoms with Gasteiger partial charge in [0.05, 0.1) is 6.61 Å². The minimum atomic E-state index is -0.708. The summed E-state index contributed by atoms with van der Waals surface area (Å²) in [5.41, 5.74) is 0.0509. The van der Waals surface area contributed by atoms with E-state index >= 15 is 0 Å². The quantitative estimate of drug-likeness (QED) is 0.817. The van der Waals surface area contributed by atoms with Crippen molar-refractivity contribution in [2.45, 2.75) is 37.1 Å². The Hall–Kier alpha value is -1.99. The fourth-order valence-electron chi connectivity index (χ4n) is 4.92. The number of halogens is 1. The highest BCUT2D eigenvalue weighted by Gasteiger charge is 2.53. The molecule has 1 atom stereocenters. The van der Waals surface area contributed by atoms with Crippen molar-refractivity contribution in [1.29, 1.82) is 0 Å². The van der Waals surface area contributed by atoms with Crippen molar-refractivity contribution in [2.24, 2.45) is 0 Å². The van der Waals surface area contributed by atoms with Crippen LogP contribution >= 0.6 is 0 Å². The molecule has 1 aromatic carbocycles. The second-order valence-electron chi connectivity index (χ2n) is 7.90. The monoisotopic (exact) mass is 375 g/mol. The lowest BCUT2D eigenvalue weighted by Gasteiger charge is -2.44. The van der Waals surface area contributed by atoms with Crippen LogP contribution in [0.25, 0.3) is 0 Å². The lowest BCUT2D eigenvalue weighted by molar-refractivity contribution is -0.129. The molecule has 27 heavy (non-hydrogen) atoms. The topological polar surface area (TPSA) is 61.9 Å². The Morgan fingerprint density at radius 3 is 2.63 bits per heavy atom. The summed E-state index contributed by atoms with van der Waals surface area (Å²) < 4.78 is 19.5. The molecule has 1 spiro atoms. The number of piperidine rings is 1. The number of amides is 3. The van der Waals surface area contributed by atoms with Crippen molar-refractivity contribution in [2.75, 3.05) is 39.4 Å². The molecule has 3 aliphatic rings. The van der Waals surface area contributed by atoms with Crippen LogP contribution in [0.5, 0.6) is 0 Å². The molecule has 0 aliphatic carbocycles. The summed E-state index contributed by atoms with van der Waals surface area (Å²) >= 11 is 0. The van der Waals surface area contributed by atoms with Crippen molar-refractivity contribution in [1.82, 2.24) is 15.1 Å². The third kappa shape index (κ3) is 3.02. The second kappa shape index (κ2) is 6.87. The van der Waals surface area contributed by atoms with Crippen LogP contribution in [-0.4, -0.2) is 66.7 Å². The van der Waals surface area contributed by atoms with E-state index < -0.39 is 5.54 Å². The van der Waals surface area contributed by atoms with Crippen molar-refractivity contribution in [3.8, 4) is 0 Å². The number of rotatable bonds is 4. The summed E-state index contributed by atoms with van der Waals surface area (Å²) in [7, 11) is 0. The van der Waals surface area contributed by atoms with Gasteiger partial charge < -0.3 is 14.5 Å². The number of hydrogen-bond acceptors (Lipinski definition) is 4. The molecule has 0 radical (unpaired) electrons. The van der Waals surface area contributed by atoms with Gasteiger partial charge in [0.2, 0.25) is 0 Å². The zero-order chi connectivity index (χ0) is 19.1. The number of carbonyl (C=O) groups excluding carboxylic acids is 2. The summed E-state index contributed by atoms with van der Waals surface area (Å²) in [4.78, 5) is 28.5. The largest absolute Gasteiger partial charge is 0.380 e. The normalized spacial score (nSPS) is 28.1. The van der Waals surface area contributed by atoms with Crippen LogP contribution in [-0.2, 0) is 14.9 Å². The highest BCUT2D eigenvalue weighted by atomic mass is 19.1. The summed E-state index contributed by atoms with van der Waals surface area (Å²) in [6.45, 7) is 5.92. The molecule has 0 aromatic heterocycles. The molecular weight excluding hydrogens is 349 g/mol. The highest BCUT2D eigenvalue weighted by molar-refractivity contribution is 6.07. The van der Waals surface area contributed by atoms with E-state index in [9.17, 15) is 14.0 Å². The van der Waals surface area contributed by atoms with E-state index in [4.69, 9.17) is 4.74 Å². The number of benzene rings is 1. The summed E-state index contributed by atoms with van der Waals surface area (Å²) in [5, 5.41) is 2.47. The van der Waals surface area contributed by atoms with Crippen LogP contribution < -0.4 is 5.32 Å². The molecule has 1 aromatic rings. The number of imide groups is 1. The second-order valence-corrected chi connectivity index (χ2v) is 7.90. The Kier molecular flexibility index (Phi) is 4.68. The van der Waals surface area contributed by atoms with Gasteiger partial charge in [-0.15, -0.1) is 0 Å². The number of carbonyl (C=O) groups is 2. The van der Waals surface area contributed by atoms with Gasteiger partial charge in [0.25, 0.3) is 5.91 Å². The van der Waals surface area contributed by atoms with Gasteiger partial charge >= 0.3 is 6.03 Å². The van der Waals surface area contributed by atoms with E-state index in [1.54, 1.807) is 17.0 Å². The van der Waals surface area contributed by atoms with Crippen LogP contribution in [0.2, 0.25) is 0 Å². The Labute approximate surface area is 158 Å². The van der Waals surface area contributed by atoms with Crippen LogP contribution in [0.3, 0.4) is 0 Å². The van der Waals surface area contributed by atoms with E-state index in [0.717, 1.165) is 31.6 Å². The summed E-state index contributed by atoms with van der Waals surface area (Å²) in [6.07, 6.45) is 2.11. The number of likely N-dealkylation sites (N-methyl/N-ethyl adjacent to an activating group) is 1. The van der Waals surface area contributed by atoms with Crippen LogP contribution in [0, 0.1) is 5.82 Å². The number of likely N-dealkylation sites (tertiary alicyclic amines) is 1. The van der Waals surface area contributed by atoms with Gasteiger partial charge in [-0.1, -0.05) is 12.1 Å². The lowest BCUT2D eigenvalue weighted by atomic mass is 9.78. The fourth-order valence-corrected chi connectivity index (χ4v) is 4.92. The molecule has 146 valence electrons. The first kappa shape index (κ1) is 18.4. The third-order valence-corrected chi connectivity index (χ3v) is 6.47. The first-order valence-electron chi connectivity index (χ1n) is 9.68. The SMILES string of the molecule is CCN1C(=O)NC(=O)C12CCN(CC1(c3cccc(F)c3)CCOC1)CC2. The maximum absolute atomic E-state index is 13.8. The average molecular weight is 375 g/mol.